The molecular formula is C19H21N3O2S. The summed E-state index contributed by atoms with van der Waals surface area (Å²) in [6.07, 6.45) is 2.82. The molecule has 0 aliphatic carbocycles. The molecule has 0 bridgehead atoms. The fourth-order valence-corrected chi connectivity index (χ4v) is 3.16. The Morgan fingerprint density at radius 3 is 2.76 bits per heavy atom. The lowest BCUT2D eigenvalue weighted by Gasteiger charge is -2.22. The van der Waals surface area contributed by atoms with Crippen molar-refractivity contribution in [3.63, 3.8) is 0 Å². The Kier molecular flexibility index (Phi) is 5.95. The van der Waals surface area contributed by atoms with Gasteiger partial charge in [0.15, 0.2) is 0 Å². The number of thiophene rings is 1. The number of amides is 1. The van der Waals surface area contributed by atoms with Gasteiger partial charge in [0.1, 0.15) is 0 Å². The molecule has 0 radical (unpaired) electrons. The van der Waals surface area contributed by atoms with E-state index in [1.54, 1.807) is 11.3 Å². The van der Waals surface area contributed by atoms with Crippen molar-refractivity contribution in [2.24, 2.45) is 0 Å². The fraction of sp³-hybridized carbons (Fsp3) is 0.316. The molecule has 0 N–H and O–H groups in total. The number of anilines is 1. The molecule has 2 heterocycles. The van der Waals surface area contributed by atoms with Crippen LogP contribution in [0.25, 0.3) is 11.5 Å². The number of nitrogens with zero attached hydrogens (tertiary/aromatic N) is 3. The maximum atomic E-state index is 12.7. The normalized spacial score (nSPS) is 10.8. The van der Waals surface area contributed by atoms with Gasteiger partial charge < -0.3 is 9.32 Å². The molecule has 0 unspecified atom stereocenters. The van der Waals surface area contributed by atoms with Crippen LogP contribution in [0.2, 0.25) is 0 Å². The monoisotopic (exact) mass is 355 g/mol. The summed E-state index contributed by atoms with van der Waals surface area (Å²) in [6, 6.07) is 11.7. The molecule has 0 aliphatic heterocycles. The van der Waals surface area contributed by atoms with Gasteiger partial charge in [-0.1, -0.05) is 31.5 Å². The van der Waals surface area contributed by atoms with Crippen LogP contribution in [0.1, 0.15) is 32.1 Å². The van der Waals surface area contributed by atoms with E-state index in [4.69, 9.17) is 4.42 Å². The van der Waals surface area contributed by atoms with Crippen molar-refractivity contribution < 1.29 is 9.21 Å². The van der Waals surface area contributed by atoms with E-state index in [0.29, 0.717) is 24.6 Å². The lowest BCUT2D eigenvalue weighted by atomic mass is 10.2. The highest BCUT2D eigenvalue weighted by Crippen LogP contribution is 2.21. The molecular weight excluding hydrogens is 334 g/mol. The Morgan fingerprint density at radius 2 is 2.04 bits per heavy atom. The van der Waals surface area contributed by atoms with Crippen molar-refractivity contribution in [2.45, 2.75) is 32.6 Å². The molecule has 6 heteroatoms. The molecule has 1 amide bonds. The molecule has 1 aromatic carbocycles. The number of carbonyl (C=O) groups excluding carboxylic acids is 1. The smallest absolute Gasteiger partial charge is 0.248 e. The van der Waals surface area contributed by atoms with Crippen LogP contribution >= 0.6 is 11.3 Å². The molecule has 2 aromatic heterocycles. The van der Waals surface area contributed by atoms with E-state index in [9.17, 15) is 4.79 Å². The number of aromatic nitrogens is 2. The van der Waals surface area contributed by atoms with E-state index < -0.39 is 0 Å². The first-order chi connectivity index (χ1) is 12.3. The van der Waals surface area contributed by atoms with Gasteiger partial charge in [0.05, 0.1) is 0 Å². The molecule has 130 valence electrons. The summed E-state index contributed by atoms with van der Waals surface area (Å²) in [5.74, 6) is 1.09. The predicted octanol–water partition coefficient (Wildman–Crippen LogP) is 4.56. The quantitative estimate of drug-likeness (QED) is 0.594. The molecule has 0 atom stereocenters. The zero-order chi connectivity index (χ0) is 17.5. The minimum atomic E-state index is 0.0786. The van der Waals surface area contributed by atoms with Gasteiger partial charge in [-0.05, 0) is 30.0 Å². The zero-order valence-corrected chi connectivity index (χ0v) is 15.0. The minimum Gasteiger partial charge on any atom is -0.421 e. The third-order valence-electron chi connectivity index (χ3n) is 3.89. The molecule has 0 saturated carbocycles. The summed E-state index contributed by atoms with van der Waals surface area (Å²) in [4.78, 5) is 14.5. The molecule has 3 rings (SSSR count). The van der Waals surface area contributed by atoms with Crippen LogP contribution in [0.15, 0.2) is 51.6 Å². The molecule has 0 aliphatic rings. The summed E-state index contributed by atoms with van der Waals surface area (Å²) >= 11 is 1.58. The van der Waals surface area contributed by atoms with E-state index in [1.165, 1.54) is 0 Å². The Labute approximate surface area is 151 Å². The highest BCUT2D eigenvalue weighted by Gasteiger charge is 2.17. The minimum absolute atomic E-state index is 0.0786. The van der Waals surface area contributed by atoms with E-state index in [2.05, 4.69) is 17.1 Å². The van der Waals surface area contributed by atoms with Crippen LogP contribution < -0.4 is 4.90 Å². The molecule has 0 spiro atoms. The van der Waals surface area contributed by atoms with Crippen LogP contribution in [-0.4, -0.2) is 22.6 Å². The number of hydrogen-bond acceptors (Lipinski definition) is 5. The van der Waals surface area contributed by atoms with Crippen molar-refractivity contribution in [1.29, 1.82) is 0 Å². The second-order valence-electron chi connectivity index (χ2n) is 5.75. The van der Waals surface area contributed by atoms with Gasteiger partial charge in [0, 0.05) is 36.0 Å². The molecule has 25 heavy (non-hydrogen) atoms. The van der Waals surface area contributed by atoms with E-state index in [1.807, 2.05) is 52.1 Å². The molecule has 5 nitrogen and oxygen atoms in total. The van der Waals surface area contributed by atoms with Crippen molar-refractivity contribution in [1.82, 2.24) is 10.2 Å². The number of benzene rings is 1. The van der Waals surface area contributed by atoms with Gasteiger partial charge in [-0.15, -0.1) is 10.2 Å². The van der Waals surface area contributed by atoms with Crippen LogP contribution in [0.3, 0.4) is 0 Å². The zero-order valence-electron chi connectivity index (χ0n) is 14.2. The number of para-hydroxylation sites is 1. The van der Waals surface area contributed by atoms with Crippen molar-refractivity contribution in [3.05, 3.63) is 53.0 Å². The predicted molar refractivity (Wildman–Crippen MR) is 99.6 cm³/mol. The van der Waals surface area contributed by atoms with Crippen molar-refractivity contribution >= 4 is 22.9 Å². The van der Waals surface area contributed by atoms with Gasteiger partial charge in [-0.2, -0.15) is 11.3 Å². The van der Waals surface area contributed by atoms with Crippen LogP contribution in [-0.2, 0) is 11.2 Å². The summed E-state index contributed by atoms with van der Waals surface area (Å²) in [6.45, 7) is 2.85. The van der Waals surface area contributed by atoms with Crippen molar-refractivity contribution in [2.75, 3.05) is 11.4 Å². The Hall–Kier alpha value is -2.47. The maximum Gasteiger partial charge on any atom is 0.248 e. The van der Waals surface area contributed by atoms with Gasteiger partial charge >= 0.3 is 0 Å². The summed E-state index contributed by atoms with van der Waals surface area (Å²) in [5, 5.41) is 12.0. The molecule has 0 fully saturated rings. The van der Waals surface area contributed by atoms with Crippen LogP contribution in [0.4, 0.5) is 5.69 Å². The standard InChI is InChI=1S/C19H21N3O2S/c1-2-3-12-22(16-7-5-4-6-8-16)18(23)10-9-17-20-21-19(24-17)15-11-13-25-14-15/h4-8,11,13-14H,2-3,9-10,12H2,1H3. The number of hydrogen-bond donors (Lipinski definition) is 0. The van der Waals surface area contributed by atoms with Crippen molar-refractivity contribution in [3.8, 4) is 11.5 Å². The van der Waals surface area contributed by atoms with E-state index >= 15 is 0 Å². The second kappa shape index (κ2) is 8.58. The molecule has 0 saturated heterocycles. The number of aryl methyl sites for hydroxylation is 1. The summed E-state index contributed by atoms with van der Waals surface area (Å²) < 4.78 is 5.66. The SMILES string of the molecule is CCCCN(C(=O)CCc1nnc(-c2ccsc2)o1)c1ccccc1. The lowest BCUT2D eigenvalue weighted by molar-refractivity contribution is -0.118. The lowest BCUT2D eigenvalue weighted by Crippen LogP contribution is -2.32. The maximum absolute atomic E-state index is 12.7. The van der Waals surface area contributed by atoms with E-state index in [-0.39, 0.29) is 5.91 Å². The third-order valence-corrected chi connectivity index (χ3v) is 4.58. The van der Waals surface area contributed by atoms with Gasteiger partial charge in [0.2, 0.25) is 17.7 Å². The fourth-order valence-electron chi connectivity index (χ4n) is 2.53. The highest BCUT2D eigenvalue weighted by atomic mass is 32.1. The number of rotatable bonds is 8. The van der Waals surface area contributed by atoms with Crippen LogP contribution in [0.5, 0.6) is 0 Å². The number of unbranched alkanes of at least 4 members (excludes halogenated alkanes) is 1. The largest absolute Gasteiger partial charge is 0.421 e. The van der Waals surface area contributed by atoms with Gasteiger partial charge in [0.25, 0.3) is 0 Å². The number of carbonyl (C=O) groups is 1. The Morgan fingerprint density at radius 1 is 1.20 bits per heavy atom. The average Bonchev–Trinajstić information content (AvgIpc) is 3.32. The Bertz CT molecular complexity index is 784. The van der Waals surface area contributed by atoms with Gasteiger partial charge in [-0.25, -0.2) is 0 Å². The first-order valence-corrected chi connectivity index (χ1v) is 9.42. The first kappa shape index (κ1) is 17.4. The average molecular weight is 355 g/mol. The van der Waals surface area contributed by atoms with E-state index in [0.717, 1.165) is 30.6 Å². The highest BCUT2D eigenvalue weighted by molar-refractivity contribution is 7.08. The third kappa shape index (κ3) is 4.54. The first-order valence-electron chi connectivity index (χ1n) is 8.48. The summed E-state index contributed by atoms with van der Waals surface area (Å²) in [7, 11) is 0. The summed E-state index contributed by atoms with van der Waals surface area (Å²) in [5.41, 5.74) is 1.86. The second-order valence-corrected chi connectivity index (χ2v) is 6.53. The van der Waals surface area contributed by atoms with Gasteiger partial charge in [-0.3, -0.25) is 4.79 Å². The molecule has 3 aromatic rings. The van der Waals surface area contributed by atoms with Crippen LogP contribution in [0, 0.1) is 0 Å². The Balaban J connectivity index is 1.63. The topological polar surface area (TPSA) is 59.2 Å².